The van der Waals surface area contributed by atoms with Gasteiger partial charge in [0.25, 0.3) is 0 Å². The molecule has 0 spiro atoms. The number of esters is 2. The number of Topliss-reactive ketones (excluding diaryl/α,β-unsaturated/α-hetero) is 1. The topological polar surface area (TPSA) is 205 Å². The number of carbonyl (C=O) groups excluding carboxylic acids is 5. The van der Waals surface area contributed by atoms with Crippen LogP contribution < -0.4 is 0 Å². The zero-order chi connectivity index (χ0) is 78.9. The summed E-state index contributed by atoms with van der Waals surface area (Å²) in [5.41, 5.74) is 0.412. The molecule has 2 aliphatic rings. The molecule has 0 saturated heterocycles. The van der Waals surface area contributed by atoms with Crippen LogP contribution in [0.25, 0.3) is 11.1 Å². The van der Waals surface area contributed by atoms with Gasteiger partial charge in [-0.2, -0.15) is 0 Å². The molecule has 6 rings (SSSR count). The van der Waals surface area contributed by atoms with Gasteiger partial charge in [-0.15, -0.1) is 0 Å². The van der Waals surface area contributed by atoms with Crippen molar-refractivity contribution in [2.75, 3.05) is 40.5 Å². The summed E-state index contributed by atoms with van der Waals surface area (Å²) >= 11 is 0. The maximum Gasteiger partial charge on any atom is 0.410 e. The molecule has 0 aromatic heterocycles. The Morgan fingerprint density at radius 3 is 1.37 bits per heavy atom. The molecule has 4 aromatic carbocycles. The van der Waals surface area contributed by atoms with E-state index in [1.807, 2.05) is 72.8 Å². The van der Waals surface area contributed by atoms with Crippen LogP contribution in [0.2, 0.25) is 0 Å². The van der Waals surface area contributed by atoms with Gasteiger partial charge in [0.1, 0.15) is 53.4 Å². The molecule has 0 aliphatic carbocycles. The number of aliphatic hydroxyl groups is 1. The molecule has 2 aliphatic heterocycles. The van der Waals surface area contributed by atoms with Gasteiger partial charge in [0, 0.05) is 73.1 Å². The minimum absolute atomic E-state index is 0. The second-order valence-corrected chi connectivity index (χ2v) is 24.6. The number of benzene rings is 4. The Bertz CT molecular complexity index is 3040. The average molecular weight is 1250 g/mol. The number of nitrogens with zero attached hydrogens (tertiary/aromatic N) is 2. The fraction of sp³-hybridized carbons (Fsp3) is 0.493. The molecule has 4 aromatic rings. The maximum absolute atomic E-state index is 15.2. The molecule has 20 heteroatoms. The molecule has 0 radical (unpaired) electrons. The van der Waals surface area contributed by atoms with Crippen molar-refractivity contribution in [3.8, 4) is 0 Å². The number of alkyl halides is 2. The number of carboxylic acid groups (broad SMARTS) is 1. The van der Waals surface area contributed by atoms with E-state index in [2.05, 4.69) is 0 Å². The van der Waals surface area contributed by atoms with Crippen LogP contribution in [0.3, 0.4) is 0 Å². The van der Waals surface area contributed by atoms with E-state index < -0.39 is 88.3 Å². The highest BCUT2D eigenvalue weighted by atomic mass is 19.1. The minimum Gasteiger partial charge on any atom is -0.480 e. The van der Waals surface area contributed by atoms with E-state index >= 15 is 4.39 Å². The molecule has 0 unspecified atom stereocenters. The van der Waals surface area contributed by atoms with Crippen LogP contribution in [0.1, 0.15) is 157 Å². The van der Waals surface area contributed by atoms with Gasteiger partial charge in [-0.25, -0.2) is 36.7 Å². The summed E-state index contributed by atoms with van der Waals surface area (Å²) in [6.45, 7) is 17.4. The number of aliphatic carboxylic acids is 1. The molecular formula is C67H102F4N2O14. The van der Waals surface area contributed by atoms with Crippen LogP contribution in [-0.2, 0) is 73.7 Å². The highest BCUT2D eigenvalue weighted by molar-refractivity contribution is 5.91. The Labute approximate surface area is 531 Å². The Morgan fingerprint density at radius 2 is 0.989 bits per heavy atom. The number of hydrogen-bond acceptors (Lipinski definition) is 13. The van der Waals surface area contributed by atoms with Gasteiger partial charge in [-0.1, -0.05) is 97.1 Å². The number of rotatable bonds is 22. The highest BCUT2D eigenvalue weighted by Gasteiger charge is 2.38. The lowest BCUT2D eigenvalue weighted by molar-refractivity contribution is -0.155. The summed E-state index contributed by atoms with van der Waals surface area (Å²) in [6.07, 6.45) is 1.19. The van der Waals surface area contributed by atoms with E-state index in [9.17, 15) is 47.0 Å². The molecule has 0 bridgehead atoms. The van der Waals surface area contributed by atoms with E-state index in [4.69, 9.17) is 54.3 Å². The van der Waals surface area contributed by atoms with Crippen molar-refractivity contribution in [1.29, 1.82) is 0 Å². The van der Waals surface area contributed by atoms with Crippen molar-refractivity contribution in [2.24, 2.45) is 5.92 Å². The summed E-state index contributed by atoms with van der Waals surface area (Å²) < 4.78 is 160. The zero-order valence-electron chi connectivity index (χ0n) is 66.1. The Balaban J connectivity index is -0.000000454. The number of halogens is 4. The van der Waals surface area contributed by atoms with E-state index in [0.29, 0.717) is 61.5 Å². The first kappa shape index (κ1) is 61.2. The number of aliphatic hydroxyl groups excluding tert-OH is 1. The van der Waals surface area contributed by atoms with Gasteiger partial charge in [0.05, 0.1) is 38.4 Å². The van der Waals surface area contributed by atoms with Crippen LogP contribution in [-0.4, -0.2) is 137 Å². The molecule has 2 N–H and O–H groups in total. The number of ketones is 1. The summed E-state index contributed by atoms with van der Waals surface area (Å²) in [5.74, 6) is -4.94. The van der Waals surface area contributed by atoms with Gasteiger partial charge in [-0.05, 0) is 134 Å². The van der Waals surface area contributed by atoms with E-state index in [0.717, 1.165) is 32.1 Å². The van der Waals surface area contributed by atoms with Crippen molar-refractivity contribution in [1.82, 2.24) is 9.80 Å². The first-order valence-electron chi connectivity index (χ1n) is 35.8. The smallest absolute Gasteiger partial charge is 0.410 e. The van der Waals surface area contributed by atoms with E-state index in [1.165, 1.54) is 53.9 Å². The standard InChI is InChI=1S/C34H43F2NO6.C21H21FO4.C12H22FNO4.8H2/c1-33(2,3)43-32(40)37(6)29(21-34(4,5)36)30(38)20-26(31(39)42-22-23-10-8-7-9-11-23)18-24-12-13-27(28(35)19-24)25-14-16-41-17-15-25;22-19-12-16(6-7-18(19)17-8-10-25-11-9-17)13-20(23)21(24)26-14-15-4-2-1-3-5-15;1-11(2,3)18-10(17)14(6)8(9(15)16)7-12(4,5)13;;;;;;;;/h7-14,19,26,29H,15-18,20-22H2,1-6H3;1-8,12,20,23H,9-11,13-14H2;8H,7H2,1-6H3,(H,15,16);8*1H/t26-,29-;20-;8-;;;;;;;;/m000......../s1/i;;;7*1+1D;1+1. The molecule has 0 saturated carbocycles. The second kappa shape index (κ2) is 33.1. The third-order valence-electron chi connectivity index (χ3n) is 13.4. The summed E-state index contributed by atoms with van der Waals surface area (Å²) in [7, 11) is 2.67. The third-order valence-corrected chi connectivity index (χ3v) is 13.4. The van der Waals surface area contributed by atoms with Crippen LogP contribution in [0.5, 0.6) is 0 Å². The normalized spacial score (nSPS) is 15.6. The van der Waals surface area contributed by atoms with Crippen LogP contribution in [0.15, 0.2) is 109 Å². The summed E-state index contributed by atoms with van der Waals surface area (Å²) in [4.78, 5) is 76.7. The van der Waals surface area contributed by atoms with Gasteiger partial charge >= 0.3 is 30.1 Å². The lowest BCUT2D eigenvalue weighted by atomic mass is 9.88. The first-order valence-corrected chi connectivity index (χ1v) is 28.8. The van der Waals surface area contributed by atoms with Crippen molar-refractivity contribution < 1.29 is 107 Å². The highest BCUT2D eigenvalue weighted by Crippen LogP contribution is 2.30. The predicted octanol–water partition coefficient (Wildman–Crippen LogP) is 14.6. The predicted molar refractivity (Wildman–Crippen MR) is 338 cm³/mol. The summed E-state index contributed by atoms with van der Waals surface area (Å²) in [6, 6.07) is 25.4. The van der Waals surface area contributed by atoms with Crippen LogP contribution >= 0.6 is 0 Å². The van der Waals surface area contributed by atoms with Crippen molar-refractivity contribution >= 4 is 47.0 Å². The van der Waals surface area contributed by atoms with Crippen LogP contribution in [0.4, 0.5) is 27.2 Å². The van der Waals surface area contributed by atoms with Crippen LogP contribution in [0, 0.1) is 17.6 Å². The minimum atomic E-state index is -1.79. The number of carbonyl (C=O) groups is 6. The molecule has 4 atom stereocenters. The maximum atomic E-state index is 15.2. The molecule has 2 heterocycles. The van der Waals surface area contributed by atoms with E-state index in [1.54, 1.807) is 65.8 Å². The number of likely N-dealkylation sites (N-methyl/N-ethyl adjacent to an activating group) is 2. The second-order valence-electron chi connectivity index (χ2n) is 24.6. The SMILES string of the molecule is CN(C(=O)OC(C)(C)C)[C@@H](CC(C)(C)F)C(=O)C[C@H](Cc1ccc(C2=CCOCC2)c(F)c1)C(=O)OCc1ccccc1.CN(C(=O)OC(C)(C)C)[C@@H](CC(C)(C)F)C(=O)O.O=C(OCc1ccccc1)[C@@H](O)Cc1ccc(C2=CCOCC2)c(F)c1.[2HH].[2H][2H].[2H][2H].[2H][2H].[2H][2H].[2H][2H].[2H][2H].[2H][2H]. The lowest BCUT2D eigenvalue weighted by Crippen LogP contribution is -2.48. The Morgan fingerprint density at radius 1 is 0.586 bits per heavy atom. The number of amides is 2. The number of hydrogen-bond donors (Lipinski definition) is 2. The quantitative estimate of drug-likeness (QED) is 0.0427. The van der Waals surface area contributed by atoms with Gasteiger partial charge in [0.2, 0.25) is 0 Å². The molecule has 0 fully saturated rings. The van der Waals surface area contributed by atoms with Gasteiger partial charge < -0.3 is 43.5 Å². The lowest BCUT2D eigenvalue weighted by Gasteiger charge is -2.32. The fourth-order valence-corrected chi connectivity index (χ4v) is 9.01. The number of ether oxygens (including phenoxy) is 6. The van der Waals surface area contributed by atoms with Gasteiger partial charge in [-0.3, -0.25) is 14.5 Å². The molecule has 492 valence electrons. The monoisotopic (exact) mass is 1250 g/mol. The van der Waals surface area contributed by atoms with E-state index in [-0.39, 0.29) is 52.6 Å². The molecular weight excluding hydrogens is 1130 g/mol. The Hall–Kier alpha value is -7.42. The Kier molecular flexibility index (Phi) is 23.3. The van der Waals surface area contributed by atoms with Crippen molar-refractivity contribution in [2.45, 2.75) is 168 Å². The average Bonchev–Trinajstić information content (AvgIpc) is 0.821. The fourth-order valence-electron chi connectivity index (χ4n) is 9.01. The van der Waals surface area contributed by atoms with Gasteiger partial charge in [0.15, 0.2) is 11.9 Å². The third kappa shape index (κ3) is 26.2. The molecule has 16 nitrogen and oxygen atoms in total. The zero-order valence-corrected chi connectivity index (χ0v) is 52.1. The van der Waals surface area contributed by atoms with Crippen molar-refractivity contribution in [3.63, 3.8) is 0 Å². The number of carboxylic acids is 1. The molecule has 2 amide bonds. The molecule has 87 heavy (non-hydrogen) atoms. The van der Waals surface area contributed by atoms with Crippen molar-refractivity contribution in [3.05, 3.63) is 154 Å². The largest absolute Gasteiger partial charge is 0.480 e. The summed E-state index contributed by atoms with van der Waals surface area (Å²) in [5, 5.41) is 19.1. The first-order chi connectivity index (χ1) is 47.6.